The Balaban J connectivity index is 1.85. The topological polar surface area (TPSA) is 109 Å². The van der Waals surface area contributed by atoms with Crippen molar-refractivity contribution in [2.24, 2.45) is 11.0 Å². The zero-order chi connectivity index (χ0) is 18.7. The maximum atomic E-state index is 12.7. The number of aliphatic carboxylic acids is 1. The van der Waals surface area contributed by atoms with Crippen LogP contribution in [0, 0.1) is 5.92 Å². The Hall–Kier alpha value is -2.94. The van der Waals surface area contributed by atoms with Crippen molar-refractivity contribution in [2.45, 2.75) is 25.5 Å². The van der Waals surface area contributed by atoms with E-state index >= 15 is 0 Å². The van der Waals surface area contributed by atoms with Gasteiger partial charge in [0.1, 0.15) is 0 Å². The van der Waals surface area contributed by atoms with Crippen LogP contribution >= 0.6 is 11.8 Å². The third-order valence-corrected chi connectivity index (χ3v) is 4.53. The smallest absolute Gasteiger partial charge is 0.342 e. The summed E-state index contributed by atoms with van der Waals surface area (Å²) in [5.41, 5.74) is 1.14. The number of aromatic nitrogens is 2. The van der Waals surface area contributed by atoms with Crippen LogP contribution in [0.2, 0.25) is 0 Å². The van der Waals surface area contributed by atoms with E-state index in [1.54, 1.807) is 31.2 Å². The molecule has 8 nitrogen and oxygen atoms in total. The molecule has 2 aromatic rings. The number of carboxylic acid groups (broad SMARTS) is 1. The van der Waals surface area contributed by atoms with Crippen molar-refractivity contribution >= 4 is 35.0 Å². The van der Waals surface area contributed by atoms with E-state index in [-0.39, 0.29) is 16.0 Å². The van der Waals surface area contributed by atoms with E-state index in [0.717, 1.165) is 11.8 Å². The van der Waals surface area contributed by atoms with Crippen molar-refractivity contribution in [3.63, 3.8) is 0 Å². The summed E-state index contributed by atoms with van der Waals surface area (Å²) in [7, 11) is 0. The number of thioether (sulfide) groups is 1. The van der Waals surface area contributed by atoms with Crippen LogP contribution in [0.5, 0.6) is 0 Å². The maximum absolute atomic E-state index is 12.7. The van der Waals surface area contributed by atoms with Crippen LogP contribution in [-0.4, -0.2) is 32.9 Å². The van der Waals surface area contributed by atoms with Gasteiger partial charge in [-0.1, -0.05) is 25.1 Å². The van der Waals surface area contributed by atoms with Gasteiger partial charge in [0.25, 0.3) is 11.1 Å². The average molecular weight is 372 g/mol. The van der Waals surface area contributed by atoms with Gasteiger partial charge in [0.05, 0.1) is 22.2 Å². The molecule has 134 valence electrons. The molecule has 3 rings (SSSR count). The number of aryl methyl sites for hydroxylation is 1. The summed E-state index contributed by atoms with van der Waals surface area (Å²) >= 11 is 0.817. The summed E-state index contributed by atoms with van der Waals surface area (Å²) in [6, 6.07) is 8.97. The molecule has 1 amide bonds. The number of benzene rings is 1. The van der Waals surface area contributed by atoms with Gasteiger partial charge in [-0.3, -0.25) is 4.79 Å². The molecular formula is C17H16N4O4S. The molecule has 26 heavy (non-hydrogen) atoms. The molecule has 0 spiro atoms. The summed E-state index contributed by atoms with van der Waals surface area (Å²) in [5, 5.41) is 22.7. The highest BCUT2D eigenvalue weighted by Gasteiger charge is 2.34. The number of carbonyl (C=O) groups excluding carboxylic acids is 1. The van der Waals surface area contributed by atoms with Crippen molar-refractivity contribution in [1.29, 1.82) is 0 Å². The first kappa shape index (κ1) is 17.9. The van der Waals surface area contributed by atoms with Crippen molar-refractivity contribution in [3.05, 3.63) is 47.2 Å². The van der Waals surface area contributed by atoms with E-state index in [1.165, 1.54) is 11.1 Å². The first-order chi connectivity index (χ1) is 12.5. The second-order valence-corrected chi connectivity index (χ2v) is 6.45. The lowest BCUT2D eigenvalue weighted by Crippen LogP contribution is -2.26. The number of rotatable bonds is 6. The van der Waals surface area contributed by atoms with Gasteiger partial charge >= 0.3 is 5.97 Å². The average Bonchev–Trinajstić information content (AvgIpc) is 3.20. The van der Waals surface area contributed by atoms with Crippen LogP contribution in [-0.2, 0) is 16.0 Å². The highest BCUT2D eigenvalue weighted by Crippen LogP contribution is 2.30. The van der Waals surface area contributed by atoms with Crippen molar-refractivity contribution in [1.82, 2.24) is 10.2 Å². The SMILES string of the molecule is CCc1nnc(S/C(=C/[C@H]2C(=O)N(c3ccccc3)N=C2C)C(=O)O)o1. The summed E-state index contributed by atoms with van der Waals surface area (Å²) < 4.78 is 5.33. The number of hydrogen-bond acceptors (Lipinski definition) is 7. The molecule has 0 saturated heterocycles. The van der Waals surface area contributed by atoms with E-state index in [0.29, 0.717) is 23.7 Å². The van der Waals surface area contributed by atoms with E-state index < -0.39 is 11.9 Å². The van der Waals surface area contributed by atoms with E-state index in [4.69, 9.17) is 4.42 Å². The Labute approximate surface area is 153 Å². The molecule has 1 atom stereocenters. The molecule has 2 heterocycles. The van der Waals surface area contributed by atoms with Crippen LogP contribution in [0.3, 0.4) is 0 Å². The van der Waals surface area contributed by atoms with Gasteiger partial charge in [-0.15, -0.1) is 10.2 Å². The fourth-order valence-electron chi connectivity index (χ4n) is 2.34. The minimum atomic E-state index is -1.18. The Morgan fingerprint density at radius 2 is 2.08 bits per heavy atom. The van der Waals surface area contributed by atoms with Gasteiger partial charge in [-0.25, -0.2) is 4.79 Å². The molecule has 1 aliphatic heterocycles. The molecule has 1 aromatic heterocycles. The van der Waals surface area contributed by atoms with Crippen LogP contribution in [0.4, 0.5) is 5.69 Å². The highest BCUT2D eigenvalue weighted by atomic mass is 32.2. The first-order valence-corrected chi connectivity index (χ1v) is 8.70. The molecule has 0 radical (unpaired) electrons. The Kier molecular flexibility index (Phi) is 5.17. The standard InChI is InChI=1S/C17H16N4O4S/c1-3-14-18-19-17(25-14)26-13(16(23)24)9-12-10(2)20-21(15(12)22)11-7-5-4-6-8-11/h4-9,12H,3H2,1-2H3,(H,23,24)/b13-9+/t12-/m1/s1. The zero-order valence-electron chi connectivity index (χ0n) is 14.1. The third-order valence-electron chi connectivity index (χ3n) is 3.66. The Morgan fingerprint density at radius 3 is 2.69 bits per heavy atom. The molecule has 1 N–H and O–H groups in total. The number of hydrazone groups is 1. The fourth-order valence-corrected chi connectivity index (χ4v) is 3.04. The summed E-state index contributed by atoms with van der Waals surface area (Å²) in [4.78, 5) is 24.2. The predicted octanol–water partition coefficient (Wildman–Crippen LogP) is 2.73. The minimum Gasteiger partial charge on any atom is -0.477 e. The number of carboxylic acids is 1. The number of hydrogen-bond donors (Lipinski definition) is 1. The summed E-state index contributed by atoms with van der Waals surface area (Å²) in [5.74, 6) is -1.83. The molecule has 0 unspecified atom stereocenters. The molecule has 0 fully saturated rings. The quantitative estimate of drug-likeness (QED) is 0.613. The maximum Gasteiger partial charge on any atom is 0.342 e. The normalized spacial score (nSPS) is 17.5. The highest BCUT2D eigenvalue weighted by molar-refractivity contribution is 8.03. The van der Waals surface area contributed by atoms with Gasteiger partial charge < -0.3 is 9.52 Å². The second kappa shape index (κ2) is 7.52. The second-order valence-electron chi connectivity index (χ2n) is 5.46. The number of anilines is 1. The number of nitrogens with zero attached hydrogens (tertiary/aromatic N) is 4. The van der Waals surface area contributed by atoms with Crippen molar-refractivity contribution in [3.8, 4) is 0 Å². The van der Waals surface area contributed by atoms with Gasteiger partial charge in [0.2, 0.25) is 5.89 Å². The Bertz CT molecular complexity index is 891. The van der Waals surface area contributed by atoms with Crippen LogP contribution in [0.1, 0.15) is 19.7 Å². The lowest BCUT2D eigenvalue weighted by molar-refractivity contribution is -0.131. The van der Waals surface area contributed by atoms with Gasteiger partial charge in [-0.2, -0.15) is 10.1 Å². The molecule has 9 heteroatoms. The predicted molar refractivity (Wildman–Crippen MR) is 95.8 cm³/mol. The first-order valence-electron chi connectivity index (χ1n) is 7.89. The summed E-state index contributed by atoms with van der Waals surface area (Å²) in [6.45, 7) is 3.54. The number of carbonyl (C=O) groups is 2. The van der Waals surface area contributed by atoms with Gasteiger partial charge in [0.15, 0.2) is 0 Å². The molecular weight excluding hydrogens is 356 g/mol. The summed E-state index contributed by atoms with van der Waals surface area (Å²) in [6.07, 6.45) is 1.92. The molecule has 1 aromatic carbocycles. The van der Waals surface area contributed by atoms with Crippen LogP contribution < -0.4 is 5.01 Å². The molecule has 0 saturated carbocycles. The monoisotopic (exact) mass is 372 g/mol. The number of amides is 1. The van der Waals surface area contributed by atoms with Crippen LogP contribution in [0.25, 0.3) is 0 Å². The van der Waals surface area contributed by atoms with E-state index in [1.807, 2.05) is 13.0 Å². The van der Waals surface area contributed by atoms with E-state index in [9.17, 15) is 14.7 Å². The van der Waals surface area contributed by atoms with Crippen molar-refractivity contribution in [2.75, 3.05) is 5.01 Å². The minimum absolute atomic E-state index is 0.0703. The van der Waals surface area contributed by atoms with Gasteiger partial charge in [0, 0.05) is 6.42 Å². The lowest BCUT2D eigenvalue weighted by atomic mass is 10.0. The molecule has 0 bridgehead atoms. The van der Waals surface area contributed by atoms with Gasteiger partial charge in [-0.05, 0) is 36.9 Å². The third kappa shape index (κ3) is 3.67. The zero-order valence-corrected chi connectivity index (χ0v) is 14.9. The van der Waals surface area contributed by atoms with E-state index in [2.05, 4.69) is 15.3 Å². The fraction of sp³-hybridized carbons (Fsp3) is 0.235. The largest absolute Gasteiger partial charge is 0.477 e. The molecule has 1 aliphatic rings. The van der Waals surface area contributed by atoms with Crippen LogP contribution in [0.15, 0.2) is 56.1 Å². The Morgan fingerprint density at radius 1 is 1.35 bits per heavy atom. The number of para-hydroxylation sites is 1. The molecule has 0 aliphatic carbocycles. The van der Waals surface area contributed by atoms with Crippen molar-refractivity contribution < 1.29 is 19.1 Å². The lowest BCUT2D eigenvalue weighted by Gasteiger charge is -2.12.